The van der Waals surface area contributed by atoms with Crippen molar-refractivity contribution in [2.45, 2.75) is 13.3 Å². The van der Waals surface area contributed by atoms with Gasteiger partial charge in [0.2, 0.25) is 0 Å². The number of benzene rings is 1. The van der Waals surface area contributed by atoms with Crippen LogP contribution in [-0.4, -0.2) is 23.4 Å². The standard InChI is InChI=1S/C12H9NO5/c1-7(14)6-10(15)18-13-9-5-3-2-4-8(9)11(16)12(13)17/h2-5H,6H2,1H3. The predicted molar refractivity (Wildman–Crippen MR) is 59.6 cm³/mol. The SMILES string of the molecule is CC(=O)CC(=O)ON1C(=O)C(=O)c2ccccc21. The Balaban J connectivity index is 2.24. The molecular formula is C12H9NO5. The van der Waals surface area contributed by atoms with Gasteiger partial charge >= 0.3 is 11.9 Å². The number of nitrogens with zero attached hydrogens (tertiary/aromatic N) is 1. The number of para-hydroxylation sites is 1. The van der Waals surface area contributed by atoms with Crippen molar-refractivity contribution in [3.63, 3.8) is 0 Å². The molecule has 0 atom stereocenters. The molecule has 1 heterocycles. The number of hydrogen-bond acceptors (Lipinski definition) is 5. The van der Waals surface area contributed by atoms with Gasteiger partial charge in [0.25, 0.3) is 5.78 Å². The third kappa shape index (κ3) is 2.00. The van der Waals surface area contributed by atoms with Gasteiger partial charge in [0, 0.05) is 0 Å². The summed E-state index contributed by atoms with van der Waals surface area (Å²) in [6, 6.07) is 6.16. The lowest BCUT2D eigenvalue weighted by Gasteiger charge is -2.14. The van der Waals surface area contributed by atoms with Gasteiger partial charge in [-0.25, -0.2) is 4.79 Å². The Bertz CT molecular complexity index is 563. The summed E-state index contributed by atoms with van der Waals surface area (Å²) in [4.78, 5) is 50.0. The lowest BCUT2D eigenvalue weighted by atomic mass is 10.1. The predicted octanol–water partition coefficient (Wildman–Crippen LogP) is 0.653. The normalized spacial score (nSPS) is 13.5. The van der Waals surface area contributed by atoms with Gasteiger partial charge in [0.1, 0.15) is 12.2 Å². The van der Waals surface area contributed by atoms with Crippen LogP contribution in [0.3, 0.4) is 0 Å². The van der Waals surface area contributed by atoms with E-state index in [0.717, 1.165) is 0 Å². The monoisotopic (exact) mass is 247 g/mol. The van der Waals surface area contributed by atoms with Crippen molar-refractivity contribution < 1.29 is 24.0 Å². The maximum absolute atomic E-state index is 11.6. The topological polar surface area (TPSA) is 80.8 Å². The zero-order valence-corrected chi connectivity index (χ0v) is 9.50. The van der Waals surface area contributed by atoms with Gasteiger partial charge in [-0.15, -0.1) is 5.06 Å². The number of ketones is 2. The molecule has 0 fully saturated rings. The molecule has 92 valence electrons. The van der Waals surface area contributed by atoms with Crippen LogP contribution in [-0.2, 0) is 19.2 Å². The number of Topliss-reactive ketones (excluding diaryl/α,β-unsaturated/α-hetero) is 2. The molecule has 0 aromatic heterocycles. The van der Waals surface area contributed by atoms with Crippen molar-refractivity contribution >= 4 is 29.1 Å². The van der Waals surface area contributed by atoms with Gasteiger partial charge in [-0.2, -0.15) is 0 Å². The highest BCUT2D eigenvalue weighted by molar-refractivity contribution is 6.51. The molecule has 0 aliphatic carbocycles. The van der Waals surface area contributed by atoms with E-state index in [9.17, 15) is 19.2 Å². The first-order valence-electron chi connectivity index (χ1n) is 5.18. The molecular weight excluding hydrogens is 238 g/mol. The smallest absolute Gasteiger partial charge is 0.332 e. The van der Waals surface area contributed by atoms with Crippen molar-refractivity contribution in [2.75, 3.05) is 5.06 Å². The van der Waals surface area contributed by atoms with Gasteiger partial charge in [-0.3, -0.25) is 14.4 Å². The Morgan fingerprint density at radius 2 is 1.89 bits per heavy atom. The Kier molecular flexibility index (Phi) is 2.93. The molecule has 6 nitrogen and oxygen atoms in total. The molecule has 1 aliphatic rings. The van der Waals surface area contributed by atoms with E-state index in [2.05, 4.69) is 0 Å². The van der Waals surface area contributed by atoms with Crippen LogP contribution in [0.1, 0.15) is 23.7 Å². The fraction of sp³-hybridized carbons (Fsp3) is 0.167. The van der Waals surface area contributed by atoms with Crippen molar-refractivity contribution in [2.24, 2.45) is 0 Å². The first-order valence-corrected chi connectivity index (χ1v) is 5.18. The summed E-state index contributed by atoms with van der Waals surface area (Å²) < 4.78 is 0. The number of carbonyl (C=O) groups is 4. The number of hydroxylamine groups is 1. The van der Waals surface area contributed by atoms with Crippen LogP contribution in [0.4, 0.5) is 5.69 Å². The van der Waals surface area contributed by atoms with Crippen LogP contribution in [0, 0.1) is 0 Å². The number of carbonyl (C=O) groups excluding carboxylic acids is 4. The van der Waals surface area contributed by atoms with Gasteiger partial charge in [0.05, 0.1) is 11.3 Å². The highest BCUT2D eigenvalue weighted by Gasteiger charge is 2.38. The van der Waals surface area contributed by atoms with Crippen LogP contribution < -0.4 is 5.06 Å². The van der Waals surface area contributed by atoms with E-state index < -0.39 is 24.1 Å². The molecule has 0 N–H and O–H groups in total. The summed E-state index contributed by atoms with van der Waals surface area (Å²) in [5.41, 5.74) is 0.391. The van der Waals surface area contributed by atoms with Crippen LogP contribution in [0.5, 0.6) is 0 Å². The van der Waals surface area contributed by atoms with E-state index in [0.29, 0.717) is 5.06 Å². The second-order valence-electron chi connectivity index (χ2n) is 3.79. The van der Waals surface area contributed by atoms with Crippen LogP contribution in [0.25, 0.3) is 0 Å². The minimum absolute atomic E-state index is 0.179. The molecule has 0 unspecified atom stereocenters. The molecule has 0 radical (unpaired) electrons. The number of amides is 1. The number of anilines is 1. The second kappa shape index (κ2) is 4.40. The van der Waals surface area contributed by atoms with Crippen LogP contribution in [0.2, 0.25) is 0 Å². The lowest BCUT2D eigenvalue weighted by Crippen LogP contribution is -2.33. The average molecular weight is 247 g/mol. The molecule has 0 saturated heterocycles. The molecule has 0 spiro atoms. The van der Waals surface area contributed by atoms with E-state index in [1.165, 1.54) is 19.1 Å². The van der Waals surface area contributed by atoms with E-state index in [1.807, 2.05) is 0 Å². The summed E-state index contributed by atoms with van der Waals surface area (Å²) in [6.07, 6.45) is -0.444. The Hall–Kier alpha value is -2.50. The number of hydrogen-bond donors (Lipinski definition) is 0. The largest absolute Gasteiger partial charge is 0.340 e. The molecule has 18 heavy (non-hydrogen) atoms. The molecule has 1 aromatic rings. The summed E-state index contributed by atoms with van der Waals surface area (Å²) in [6.45, 7) is 1.23. The molecule has 1 amide bonds. The average Bonchev–Trinajstić information content (AvgIpc) is 2.54. The van der Waals surface area contributed by atoms with Gasteiger partial charge in [0.15, 0.2) is 0 Å². The number of fused-ring (bicyclic) bond motifs is 1. The Morgan fingerprint density at radius 3 is 2.56 bits per heavy atom. The molecule has 2 rings (SSSR count). The van der Waals surface area contributed by atoms with Crippen molar-refractivity contribution in [1.82, 2.24) is 0 Å². The van der Waals surface area contributed by atoms with Gasteiger partial charge in [-0.05, 0) is 19.1 Å². The first-order chi connectivity index (χ1) is 8.50. The zero-order valence-electron chi connectivity index (χ0n) is 9.50. The zero-order chi connectivity index (χ0) is 13.3. The Labute approximate surface area is 102 Å². The summed E-state index contributed by atoms with van der Waals surface area (Å²) in [7, 11) is 0. The second-order valence-corrected chi connectivity index (χ2v) is 3.79. The summed E-state index contributed by atoms with van der Waals surface area (Å²) >= 11 is 0. The number of rotatable bonds is 3. The Morgan fingerprint density at radius 1 is 1.22 bits per heavy atom. The fourth-order valence-corrected chi connectivity index (χ4v) is 1.59. The highest BCUT2D eigenvalue weighted by Crippen LogP contribution is 2.28. The molecule has 0 bridgehead atoms. The van der Waals surface area contributed by atoms with Crippen molar-refractivity contribution in [1.29, 1.82) is 0 Å². The van der Waals surface area contributed by atoms with E-state index in [1.54, 1.807) is 12.1 Å². The first kappa shape index (κ1) is 12.0. The van der Waals surface area contributed by atoms with Crippen molar-refractivity contribution in [3.8, 4) is 0 Å². The maximum Gasteiger partial charge on any atom is 0.340 e. The molecule has 0 saturated carbocycles. The van der Waals surface area contributed by atoms with Gasteiger partial charge in [-0.1, -0.05) is 12.1 Å². The van der Waals surface area contributed by atoms with Crippen molar-refractivity contribution in [3.05, 3.63) is 29.8 Å². The van der Waals surface area contributed by atoms with E-state index in [-0.39, 0.29) is 17.0 Å². The fourth-order valence-electron chi connectivity index (χ4n) is 1.59. The van der Waals surface area contributed by atoms with E-state index in [4.69, 9.17) is 4.84 Å². The van der Waals surface area contributed by atoms with Crippen LogP contribution >= 0.6 is 0 Å². The molecule has 1 aromatic carbocycles. The van der Waals surface area contributed by atoms with Crippen LogP contribution in [0.15, 0.2) is 24.3 Å². The maximum atomic E-state index is 11.6. The minimum atomic E-state index is -0.937. The summed E-state index contributed by atoms with van der Waals surface area (Å²) in [5, 5.41) is 0.628. The lowest BCUT2D eigenvalue weighted by molar-refractivity contribution is -0.150. The minimum Gasteiger partial charge on any atom is -0.332 e. The third-order valence-electron chi connectivity index (χ3n) is 2.33. The summed E-state index contributed by atoms with van der Waals surface area (Å²) in [5.74, 6) is -2.93. The molecule has 6 heteroatoms. The quantitative estimate of drug-likeness (QED) is 0.578. The van der Waals surface area contributed by atoms with E-state index >= 15 is 0 Å². The third-order valence-corrected chi connectivity index (χ3v) is 2.33. The molecule has 1 aliphatic heterocycles. The van der Waals surface area contributed by atoms with Gasteiger partial charge < -0.3 is 4.84 Å². The highest BCUT2D eigenvalue weighted by atomic mass is 16.7.